The maximum atomic E-state index is 12.2. The number of carbonyl (C=O) groups is 1. The van der Waals surface area contributed by atoms with Crippen LogP contribution in [0.2, 0.25) is 10.0 Å². The molecule has 7 heteroatoms. The van der Waals surface area contributed by atoms with Crippen LogP contribution >= 0.6 is 23.2 Å². The van der Waals surface area contributed by atoms with Gasteiger partial charge in [0, 0.05) is 11.1 Å². The van der Waals surface area contributed by atoms with Gasteiger partial charge in [0.25, 0.3) is 5.91 Å². The highest BCUT2D eigenvalue weighted by molar-refractivity contribution is 6.38. The third-order valence-electron chi connectivity index (χ3n) is 3.84. The van der Waals surface area contributed by atoms with Crippen LogP contribution in [-0.2, 0) is 6.42 Å². The highest BCUT2D eigenvalue weighted by Gasteiger charge is 2.10. The lowest BCUT2D eigenvalue weighted by Crippen LogP contribution is -2.18. The minimum absolute atomic E-state index is 0.307. The summed E-state index contributed by atoms with van der Waals surface area (Å²) in [5.41, 5.74) is 6.14. The zero-order valence-corrected chi connectivity index (χ0v) is 15.5. The van der Waals surface area contributed by atoms with E-state index in [-0.39, 0.29) is 0 Å². The Morgan fingerprint density at radius 1 is 1.19 bits per heavy atom. The molecule has 26 heavy (non-hydrogen) atoms. The standard InChI is InChI=1S/C19H16Cl2N4O/c1-2-12-6-8-13(9-7-12)17-10-18(24-23-17)19(26)25-22-11-14-15(20)4-3-5-16(14)21/h3-11H,2H2,1H3,(H,23,24)(H,25,26). The van der Waals surface area contributed by atoms with Crippen LogP contribution in [0.3, 0.4) is 0 Å². The molecule has 0 aliphatic heterocycles. The second kappa shape index (κ2) is 8.17. The molecule has 2 aromatic carbocycles. The molecule has 0 fully saturated rings. The summed E-state index contributed by atoms with van der Waals surface area (Å²) in [5, 5.41) is 11.7. The molecular formula is C19H16Cl2N4O. The van der Waals surface area contributed by atoms with Gasteiger partial charge >= 0.3 is 0 Å². The van der Waals surface area contributed by atoms with E-state index in [1.54, 1.807) is 24.3 Å². The van der Waals surface area contributed by atoms with Gasteiger partial charge in [0.2, 0.25) is 0 Å². The Bertz CT molecular complexity index is 928. The molecule has 0 radical (unpaired) electrons. The lowest BCUT2D eigenvalue weighted by Gasteiger charge is -2.00. The summed E-state index contributed by atoms with van der Waals surface area (Å²) >= 11 is 12.1. The minimum Gasteiger partial charge on any atom is -0.272 e. The Balaban J connectivity index is 1.69. The summed E-state index contributed by atoms with van der Waals surface area (Å²) in [6.45, 7) is 2.10. The number of amides is 1. The number of halogens is 2. The summed E-state index contributed by atoms with van der Waals surface area (Å²) in [4.78, 5) is 12.2. The number of aromatic nitrogens is 2. The third kappa shape index (κ3) is 4.12. The fourth-order valence-electron chi connectivity index (χ4n) is 2.35. The van der Waals surface area contributed by atoms with Crippen molar-refractivity contribution in [2.45, 2.75) is 13.3 Å². The van der Waals surface area contributed by atoms with Crippen molar-refractivity contribution in [3.05, 3.63) is 75.4 Å². The molecule has 0 atom stereocenters. The van der Waals surface area contributed by atoms with Crippen molar-refractivity contribution >= 4 is 35.3 Å². The summed E-state index contributed by atoms with van der Waals surface area (Å²) in [5.74, 6) is -0.409. The SMILES string of the molecule is CCc1ccc(-c2cc(C(=O)NN=Cc3c(Cl)cccc3Cl)[nH]n2)cc1. The monoisotopic (exact) mass is 386 g/mol. The van der Waals surface area contributed by atoms with Gasteiger partial charge < -0.3 is 0 Å². The zero-order chi connectivity index (χ0) is 18.5. The molecule has 1 amide bonds. The highest BCUT2D eigenvalue weighted by Crippen LogP contribution is 2.22. The Labute approximate surface area is 161 Å². The number of hydrogen-bond donors (Lipinski definition) is 2. The van der Waals surface area contributed by atoms with Gasteiger partial charge in [-0.05, 0) is 30.2 Å². The Morgan fingerprint density at radius 2 is 1.88 bits per heavy atom. The normalized spacial score (nSPS) is 11.0. The van der Waals surface area contributed by atoms with E-state index in [1.807, 2.05) is 24.3 Å². The average Bonchev–Trinajstić information content (AvgIpc) is 3.14. The molecule has 0 spiro atoms. The number of benzene rings is 2. The minimum atomic E-state index is -0.409. The number of hydrogen-bond acceptors (Lipinski definition) is 3. The summed E-state index contributed by atoms with van der Waals surface area (Å²) in [6, 6.07) is 14.8. The van der Waals surface area contributed by atoms with Gasteiger partial charge in [0.15, 0.2) is 0 Å². The van der Waals surface area contributed by atoms with Crippen LogP contribution in [0.4, 0.5) is 0 Å². The van der Waals surface area contributed by atoms with Crippen LogP contribution in [0, 0.1) is 0 Å². The molecule has 5 nitrogen and oxygen atoms in total. The van der Waals surface area contributed by atoms with Crippen molar-refractivity contribution in [1.29, 1.82) is 0 Å². The Kier molecular flexibility index (Phi) is 5.71. The van der Waals surface area contributed by atoms with Crippen LogP contribution in [0.1, 0.15) is 28.5 Å². The predicted octanol–water partition coefficient (Wildman–Crippen LogP) is 4.71. The quantitative estimate of drug-likeness (QED) is 0.492. The van der Waals surface area contributed by atoms with E-state index in [0.29, 0.717) is 27.0 Å². The number of nitrogens with one attached hydrogen (secondary N) is 2. The molecule has 1 aromatic heterocycles. The van der Waals surface area contributed by atoms with Gasteiger partial charge in [-0.3, -0.25) is 9.89 Å². The van der Waals surface area contributed by atoms with E-state index >= 15 is 0 Å². The molecule has 132 valence electrons. The van der Waals surface area contributed by atoms with Gasteiger partial charge in [-0.15, -0.1) is 0 Å². The molecule has 0 bridgehead atoms. The second-order valence-corrected chi connectivity index (χ2v) is 6.37. The summed E-state index contributed by atoms with van der Waals surface area (Å²) < 4.78 is 0. The van der Waals surface area contributed by atoms with E-state index in [9.17, 15) is 4.79 Å². The first-order chi connectivity index (χ1) is 12.6. The Hall–Kier alpha value is -2.63. The molecule has 3 aromatic rings. The topological polar surface area (TPSA) is 70.1 Å². The van der Waals surface area contributed by atoms with Crippen LogP contribution in [0.25, 0.3) is 11.3 Å². The average molecular weight is 387 g/mol. The Morgan fingerprint density at radius 3 is 2.54 bits per heavy atom. The lowest BCUT2D eigenvalue weighted by molar-refractivity contribution is 0.0950. The largest absolute Gasteiger partial charge is 0.289 e. The number of aromatic amines is 1. The number of H-pyrrole nitrogens is 1. The molecular weight excluding hydrogens is 371 g/mol. The maximum absolute atomic E-state index is 12.2. The van der Waals surface area contributed by atoms with E-state index in [4.69, 9.17) is 23.2 Å². The van der Waals surface area contributed by atoms with Crippen molar-refractivity contribution in [3.63, 3.8) is 0 Å². The summed E-state index contributed by atoms with van der Waals surface area (Å²) in [6.07, 6.45) is 2.38. The van der Waals surface area contributed by atoms with Gasteiger partial charge in [-0.25, -0.2) is 5.43 Å². The summed E-state index contributed by atoms with van der Waals surface area (Å²) in [7, 11) is 0. The van der Waals surface area contributed by atoms with Crippen molar-refractivity contribution in [2.24, 2.45) is 5.10 Å². The van der Waals surface area contributed by atoms with Crippen molar-refractivity contribution in [2.75, 3.05) is 0 Å². The van der Waals surface area contributed by atoms with Crippen molar-refractivity contribution in [3.8, 4) is 11.3 Å². The molecule has 0 saturated heterocycles. The molecule has 0 unspecified atom stereocenters. The molecule has 0 saturated carbocycles. The van der Waals surface area contributed by atoms with E-state index in [1.165, 1.54) is 11.8 Å². The fourth-order valence-corrected chi connectivity index (χ4v) is 2.84. The predicted molar refractivity (Wildman–Crippen MR) is 105 cm³/mol. The smallest absolute Gasteiger partial charge is 0.272 e. The number of nitrogens with zero attached hydrogens (tertiary/aromatic N) is 2. The first-order valence-electron chi connectivity index (χ1n) is 8.00. The molecule has 3 rings (SSSR count). The number of carbonyl (C=O) groups excluding carboxylic acids is 1. The maximum Gasteiger partial charge on any atom is 0.289 e. The van der Waals surface area contributed by atoms with Gasteiger partial charge in [-0.2, -0.15) is 10.2 Å². The van der Waals surface area contributed by atoms with Crippen molar-refractivity contribution < 1.29 is 4.79 Å². The second-order valence-electron chi connectivity index (χ2n) is 5.55. The third-order valence-corrected chi connectivity index (χ3v) is 4.50. The van der Waals surface area contributed by atoms with E-state index in [2.05, 4.69) is 27.6 Å². The first-order valence-corrected chi connectivity index (χ1v) is 8.76. The van der Waals surface area contributed by atoms with E-state index < -0.39 is 5.91 Å². The van der Waals surface area contributed by atoms with Crippen LogP contribution in [0.5, 0.6) is 0 Å². The van der Waals surface area contributed by atoms with Gasteiger partial charge in [-0.1, -0.05) is 60.5 Å². The lowest BCUT2D eigenvalue weighted by atomic mass is 10.1. The zero-order valence-electron chi connectivity index (χ0n) is 14.0. The number of hydrazone groups is 1. The molecule has 0 aliphatic carbocycles. The highest BCUT2D eigenvalue weighted by atomic mass is 35.5. The van der Waals surface area contributed by atoms with Crippen LogP contribution < -0.4 is 5.43 Å². The fraction of sp³-hybridized carbons (Fsp3) is 0.105. The van der Waals surface area contributed by atoms with Gasteiger partial charge in [0.05, 0.1) is 22.0 Å². The molecule has 0 aliphatic rings. The number of rotatable bonds is 5. The van der Waals surface area contributed by atoms with Crippen LogP contribution in [0.15, 0.2) is 53.6 Å². The van der Waals surface area contributed by atoms with E-state index in [0.717, 1.165) is 12.0 Å². The number of aryl methyl sites for hydroxylation is 1. The van der Waals surface area contributed by atoms with Crippen molar-refractivity contribution in [1.82, 2.24) is 15.6 Å². The first kappa shape index (κ1) is 18.2. The molecule has 2 N–H and O–H groups in total. The van der Waals surface area contributed by atoms with Crippen LogP contribution in [-0.4, -0.2) is 22.3 Å². The molecule has 1 heterocycles. The van der Waals surface area contributed by atoms with Gasteiger partial charge in [0.1, 0.15) is 5.69 Å².